The quantitative estimate of drug-likeness (QED) is 0.764. The molecular formula is C22H25N5. The maximum absolute atomic E-state index is 4.87. The summed E-state index contributed by atoms with van der Waals surface area (Å²) >= 11 is 0. The molecule has 1 fully saturated rings. The van der Waals surface area contributed by atoms with Crippen LogP contribution in [-0.4, -0.2) is 48.1 Å². The van der Waals surface area contributed by atoms with Crippen molar-refractivity contribution in [1.29, 1.82) is 0 Å². The average molecular weight is 359 g/mol. The number of nitrogens with zero attached hydrogens (tertiary/aromatic N) is 4. The van der Waals surface area contributed by atoms with Crippen molar-refractivity contribution in [3.8, 4) is 11.3 Å². The van der Waals surface area contributed by atoms with Gasteiger partial charge in [-0.1, -0.05) is 48.5 Å². The molecule has 1 saturated heterocycles. The van der Waals surface area contributed by atoms with Gasteiger partial charge < -0.3 is 15.1 Å². The first-order valence-corrected chi connectivity index (χ1v) is 9.40. The van der Waals surface area contributed by atoms with Crippen LogP contribution in [0.1, 0.15) is 5.56 Å². The monoisotopic (exact) mass is 359 g/mol. The second-order valence-electron chi connectivity index (χ2n) is 7.03. The van der Waals surface area contributed by atoms with Gasteiger partial charge in [-0.05, 0) is 25.6 Å². The normalized spacial score (nSPS) is 15.0. The highest BCUT2D eigenvalue weighted by Crippen LogP contribution is 2.26. The molecule has 1 aromatic heterocycles. The van der Waals surface area contributed by atoms with Crippen molar-refractivity contribution in [1.82, 2.24) is 14.9 Å². The summed E-state index contributed by atoms with van der Waals surface area (Å²) < 4.78 is 0. The third-order valence-corrected chi connectivity index (χ3v) is 4.98. The molecule has 2 heterocycles. The molecule has 3 aromatic rings. The Labute approximate surface area is 160 Å². The maximum Gasteiger partial charge on any atom is 0.227 e. The number of para-hydroxylation sites is 1. The number of piperazine rings is 1. The zero-order valence-corrected chi connectivity index (χ0v) is 15.9. The number of hydrogen-bond acceptors (Lipinski definition) is 5. The van der Waals surface area contributed by atoms with Gasteiger partial charge in [0.1, 0.15) is 5.82 Å². The van der Waals surface area contributed by atoms with Crippen LogP contribution in [0.25, 0.3) is 11.3 Å². The van der Waals surface area contributed by atoms with E-state index in [4.69, 9.17) is 9.97 Å². The van der Waals surface area contributed by atoms with Gasteiger partial charge in [0.25, 0.3) is 0 Å². The smallest absolute Gasteiger partial charge is 0.227 e. The van der Waals surface area contributed by atoms with E-state index in [1.165, 1.54) is 5.56 Å². The van der Waals surface area contributed by atoms with Gasteiger partial charge in [-0.25, -0.2) is 4.98 Å². The third-order valence-electron chi connectivity index (χ3n) is 4.98. The largest absolute Gasteiger partial charge is 0.340 e. The molecule has 1 N–H and O–H groups in total. The molecule has 0 amide bonds. The van der Waals surface area contributed by atoms with E-state index >= 15 is 0 Å². The van der Waals surface area contributed by atoms with Crippen LogP contribution in [-0.2, 0) is 0 Å². The lowest BCUT2D eigenvalue weighted by Gasteiger charge is -2.32. The lowest BCUT2D eigenvalue weighted by atomic mass is 10.1. The van der Waals surface area contributed by atoms with E-state index in [-0.39, 0.29) is 0 Å². The van der Waals surface area contributed by atoms with Crippen LogP contribution >= 0.6 is 0 Å². The summed E-state index contributed by atoms with van der Waals surface area (Å²) in [6.45, 7) is 6.04. The van der Waals surface area contributed by atoms with Gasteiger partial charge in [0, 0.05) is 43.5 Å². The topological polar surface area (TPSA) is 44.3 Å². The highest BCUT2D eigenvalue weighted by molar-refractivity contribution is 5.68. The number of aromatic nitrogens is 2. The fourth-order valence-electron chi connectivity index (χ4n) is 3.25. The molecule has 0 saturated carbocycles. The van der Waals surface area contributed by atoms with Gasteiger partial charge in [-0.3, -0.25) is 0 Å². The van der Waals surface area contributed by atoms with E-state index in [1.54, 1.807) is 0 Å². The van der Waals surface area contributed by atoms with Gasteiger partial charge in [0.2, 0.25) is 5.95 Å². The van der Waals surface area contributed by atoms with Crippen molar-refractivity contribution < 1.29 is 0 Å². The summed E-state index contributed by atoms with van der Waals surface area (Å²) in [4.78, 5) is 14.3. The number of likely N-dealkylation sites (N-methyl/N-ethyl adjacent to an activating group) is 1. The predicted octanol–water partition coefficient (Wildman–Crippen LogP) is 3.95. The standard InChI is InChI=1S/C22H25N5/c1-17-8-6-7-11-19(17)23-21-16-20(18-9-4-3-5-10-18)24-22(25-21)27-14-12-26(2)13-15-27/h3-11,16H,12-15H2,1-2H3,(H,23,24,25). The summed E-state index contributed by atoms with van der Waals surface area (Å²) in [6.07, 6.45) is 0. The van der Waals surface area contributed by atoms with Gasteiger partial charge in [-0.15, -0.1) is 0 Å². The van der Waals surface area contributed by atoms with Crippen molar-refractivity contribution in [2.75, 3.05) is 43.4 Å². The van der Waals surface area contributed by atoms with Crippen molar-refractivity contribution in [3.05, 3.63) is 66.2 Å². The molecule has 1 aliphatic heterocycles. The van der Waals surface area contributed by atoms with E-state index in [1.807, 2.05) is 36.4 Å². The zero-order valence-electron chi connectivity index (χ0n) is 15.9. The minimum Gasteiger partial charge on any atom is -0.340 e. The molecule has 0 unspecified atom stereocenters. The molecule has 0 atom stereocenters. The van der Waals surface area contributed by atoms with Crippen molar-refractivity contribution >= 4 is 17.5 Å². The number of anilines is 3. The summed E-state index contributed by atoms with van der Waals surface area (Å²) in [5, 5.41) is 3.48. The summed E-state index contributed by atoms with van der Waals surface area (Å²) in [6, 6.07) is 20.6. The van der Waals surface area contributed by atoms with E-state index in [2.05, 4.69) is 53.4 Å². The van der Waals surface area contributed by atoms with Crippen LogP contribution in [0.2, 0.25) is 0 Å². The first-order valence-electron chi connectivity index (χ1n) is 9.40. The molecule has 5 nitrogen and oxygen atoms in total. The Hall–Kier alpha value is -2.92. The molecule has 1 aliphatic rings. The van der Waals surface area contributed by atoms with Crippen molar-refractivity contribution in [3.63, 3.8) is 0 Å². The molecule has 0 aliphatic carbocycles. The summed E-state index contributed by atoms with van der Waals surface area (Å²) in [5.41, 5.74) is 4.30. The molecule has 0 radical (unpaired) electrons. The molecule has 5 heteroatoms. The highest BCUT2D eigenvalue weighted by atomic mass is 15.3. The number of aryl methyl sites for hydroxylation is 1. The average Bonchev–Trinajstić information content (AvgIpc) is 2.71. The number of benzene rings is 2. The first-order chi connectivity index (χ1) is 13.2. The minimum atomic E-state index is 0.792. The Morgan fingerprint density at radius 2 is 1.56 bits per heavy atom. The lowest BCUT2D eigenvalue weighted by Crippen LogP contribution is -2.45. The molecule has 27 heavy (non-hydrogen) atoms. The van der Waals surface area contributed by atoms with Gasteiger partial charge in [0.15, 0.2) is 0 Å². The maximum atomic E-state index is 4.87. The van der Waals surface area contributed by atoms with Crippen molar-refractivity contribution in [2.24, 2.45) is 0 Å². The van der Waals surface area contributed by atoms with Crippen LogP contribution in [0, 0.1) is 6.92 Å². The molecule has 4 rings (SSSR count). The van der Waals surface area contributed by atoms with Crippen molar-refractivity contribution in [2.45, 2.75) is 6.92 Å². The van der Waals surface area contributed by atoms with Crippen LogP contribution in [0.5, 0.6) is 0 Å². The van der Waals surface area contributed by atoms with Crippen LogP contribution in [0.15, 0.2) is 60.7 Å². The Bertz CT molecular complexity index is 902. The second-order valence-corrected chi connectivity index (χ2v) is 7.03. The molecule has 0 spiro atoms. The Morgan fingerprint density at radius 1 is 0.852 bits per heavy atom. The van der Waals surface area contributed by atoms with Gasteiger partial charge >= 0.3 is 0 Å². The van der Waals surface area contributed by atoms with Crippen LogP contribution < -0.4 is 10.2 Å². The SMILES string of the molecule is Cc1ccccc1Nc1cc(-c2ccccc2)nc(N2CCN(C)CC2)n1. The van der Waals surface area contributed by atoms with Crippen LogP contribution in [0.4, 0.5) is 17.5 Å². The van der Waals surface area contributed by atoms with Gasteiger partial charge in [-0.2, -0.15) is 4.98 Å². The summed E-state index contributed by atoms with van der Waals surface area (Å²) in [5.74, 6) is 1.62. The van der Waals surface area contributed by atoms with E-state index < -0.39 is 0 Å². The Morgan fingerprint density at radius 3 is 2.30 bits per heavy atom. The first kappa shape index (κ1) is 17.5. The van der Waals surface area contributed by atoms with Gasteiger partial charge in [0.05, 0.1) is 5.69 Å². The van der Waals surface area contributed by atoms with E-state index in [0.717, 1.165) is 54.9 Å². The summed E-state index contributed by atoms with van der Waals surface area (Å²) in [7, 11) is 2.16. The molecular weight excluding hydrogens is 334 g/mol. The minimum absolute atomic E-state index is 0.792. The molecule has 0 bridgehead atoms. The fraction of sp³-hybridized carbons (Fsp3) is 0.273. The molecule has 2 aromatic carbocycles. The third kappa shape index (κ3) is 4.09. The zero-order chi connectivity index (χ0) is 18.6. The van der Waals surface area contributed by atoms with E-state index in [0.29, 0.717) is 0 Å². The number of nitrogens with one attached hydrogen (secondary N) is 1. The Kier molecular flexibility index (Phi) is 5.03. The second kappa shape index (κ2) is 7.76. The predicted molar refractivity (Wildman–Crippen MR) is 112 cm³/mol. The Balaban J connectivity index is 1.71. The van der Waals surface area contributed by atoms with E-state index in [9.17, 15) is 0 Å². The fourth-order valence-corrected chi connectivity index (χ4v) is 3.25. The lowest BCUT2D eigenvalue weighted by molar-refractivity contribution is 0.311. The highest BCUT2D eigenvalue weighted by Gasteiger charge is 2.18. The van der Waals surface area contributed by atoms with Crippen LogP contribution in [0.3, 0.4) is 0 Å². The number of hydrogen-bond donors (Lipinski definition) is 1. The number of rotatable bonds is 4. The molecule has 138 valence electrons.